The Labute approximate surface area is 70.6 Å². The summed E-state index contributed by atoms with van der Waals surface area (Å²) >= 11 is 0. The Balaban J connectivity index is 3.12. The van der Waals surface area contributed by atoms with Gasteiger partial charge in [-0.15, -0.1) is 0 Å². The zero-order valence-electron chi connectivity index (χ0n) is 6.33. The van der Waals surface area contributed by atoms with Crippen LogP contribution in [0, 0.1) is 5.82 Å². The number of hydrogen-bond acceptors (Lipinski definition) is 3. The van der Waals surface area contributed by atoms with Gasteiger partial charge in [-0.1, -0.05) is 6.07 Å². The van der Waals surface area contributed by atoms with Gasteiger partial charge in [0, 0.05) is 0 Å². The van der Waals surface area contributed by atoms with Crippen LogP contribution < -0.4 is 11.4 Å². The summed E-state index contributed by atoms with van der Waals surface area (Å²) in [5.41, 5.74) is -0.956. The molecule has 4 nitrogen and oxygen atoms in total. The SMILES string of the molecule is O=c1[nH]c2c(F)cccc2c(=O)o1. The van der Waals surface area contributed by atoms with Crippen LogP contribution in [-0.4, -0.2) is 4.98 Å². The highest BCUT2D eigenvalue weighted by Gasteiger charge is 2.05. The fourth-order valence-corrected chi connectivity index (χ4v) is 1.09. The molecule has 0 aliphatic heterocycles. The number of fused-ring (bicyclic) bond motifs is 1. The predicted molar refractivity (Wildman–Crippen MR) is 43.1 cm³/mol. The molecule has 0 saturated carbocycles. The maximum absolute atomic E-state index is 13.0. The summed E-state index contributed by atoms with van der Waals surface area (Å²) < 4.78 is 17.2. The highest BCUT2D eigenvalue weighted by Crippen LogP contribution is 2.08. The molecule has 1 N–H and O–H groups in total. The molecular formula is C8H4FNO3. The molecule has 2 rings (SSSR count). The van der Waals surface area contributed by atoms with Crippen molar-refractivity contribution in [3.8, 4) is 0 Å². The molecule has 0 aliphatic carbocycles. The molecule has 0 bridgehead atoms. The van der Waals surface area contributed by atoms with Crippen LogP contribution in [-0.2, 0) is 0 Å². The Hall–Kier alpha value is -1.91. The molecule has 0 amide bonds. The number of aromatic amines is 1. The Morgan fingerprint density at radius 3 is 2.85 bits per heavy atom. The molecule has 0 unspecified atom stereocenters. The molecule has 0 aliphatic rings. The van der Waals surface area contributed by atoms with Crippen LogP contribution in [0.5, 0.6) is 0 Å². The van der Waals surface area contributed by atoms with Gasteiger partial charge in [0.05, 0.1) is 10.9 Å². The molecule has 0 spiro atoms. The molecular weight excluding hydrogens is 177 g/mol. The molecule has 1 heterocycles. The predicted octanol–water partition coefficient (Wildman–Crippen LogP) is 0.620. The van der Waals surface area contributed by atoms with E-state index in [0.717, 1.165) is 6.07 Å². The van der Waals surface area contributed by atoms with Crippen molar-refractivity contribution in [2.24, 2.45) is 0 Å². The van der Waals surface area contributed by atoms with Gasteiger partial charge in [0.2, 0.25) is 0 Å². The third-order valence-electron chi connectivity index (χ3n) is 1.65. The fourth-order valence-electron chi connectivity index (χ4n) is 1.09. The van der Waals surface area contributed by atoms with E-state index in [1.165, 1.54) is 12.1 Å². The third kappa shape index (κ3) is 1.14. The van der Waals surface area contributed by atoms with Crippen molar-refractivity contribution in [2.75, 3.05) is 0 Å². The topological polar surface area (TPSA) is 63.1 Å². The minimum Gasteiger partial charge on any atom is -0.372 e. The van der Waals surface area contributed by atoms with Crippen LogP contribution in [0.4, 0.5) is 4.39 Å². The van der Waals surface area contributed by atoms with Crippen LogP contribution in [0.3, 0.4) is 0 Å². The smallest absolute Gasteiger partial charge is 0.372 e. The van der Waals surface area contributed by atoms with Gasteiger partial charge in [0.15, 0.2) is 0 Å². The van der Waals surface area contributed by atoms with E-state index in [1.807, 2.05) is 0 Å². The van der Waals surface area contributed by atoms with E-state index in [0.29, 0.717) is 0 Å². The first-order chi connectivity index (χ1) is 6.18. The lowest BCUT2D eigenvalue weighted by Crippen LogP contribution is -2.14. The van der Waals surface area contributed by atoms with Gasteiger partial charge in [0.25, 0.3) is 0 Å². The van der Waals surface area contributed by atoms with Gasteiger partial charge in [0.1, 0.15) is 5.82 Å². The van der Waals surface area contributed by atoms with Crippen molar-refractivity contribution in [1.82, 2.24) is 4.98 Å². The molecule has 0 radical (unpaired) electrons. The molecule has 1 aromatic heterocycles. The highest BCUT2D eigenvalue weighted by atomic mass is 19.1. The molecule has 13 heavy (non-hydrogen) atoms. The number of benzene rings is 1. The van der Waals surface area contributed by atoms with Crippen molar-refractivity contribution in [1.29, 1.82) is 0 Å². The van der Waals surface area contributed by atoms with Crippen LogP contribution >= 0.6 is 0 Å². The Morgan fingerprint density at radius 1 is 1.31 bits per heavy atom. The largest absolute Gasteiger partial charge is 0.419 e. The zero-order chi connectivity index (χ0) is 9.42. The lowest BCUT2D eigenvalue weighted by Gasteiger charge is -1.94. The molecule has 0 saturated heterocycles. The van der Waals surface area contributed by atoms with Crippen molar-refractivity contribution in [2.45, 2.75) is 0 Å². The maximum Gasteiger partial charge on any atom is 0.419 e. The molecule has 5 heteroatoms. The second-order valence-corrected chi connectivity index (χ2v) is 2.46. The minimum absolute atomic E-state index is 0.0274. The molecule has 2 aromatic rings. The number of nitrogens with one attached hydrogen (secondary N) is 1. The van der Waals surface area contributed by atoms with E-state index in [1.54, 1.807) is 0 Å². The quantitative estimate of drug-likeness (QED) is 0.647. The summed E-state index contributed by atoms with van der Waals surface area (Å²) in [5.74, 6) is -1.61. The maximum atomic E-state index is 13.0. The van der Waals surface area contributed by atoms with Crippen molar-refractivity contribution >= 4 is 10.9 Å². The average Bonchev–Trinajstić information content (AvgIpc) is 2.07. The van der Waals surface area contributed by atoms with Crippen LogP contribution in [0.2, 0.25) is 0 Å². The Bertz CT molecular complexity index is 569. The summed E-state index contributed by atoms with van der Waals surface area (Å²) in [7, 11) is 0. The average molecular weight is 181 g/mol. The van der Waals surface area contributed by atoms with Gasteiger partial charge in [-0.05, 0) is 12.1 Å². The van der Waals surface area contributed by atoms with Crippen molar-refractivity contribution in [3.05, 3.63) is 45.0 Å². The molecule has 0 fully saturated rings. The summed E-state index contributed by atoms with van der Waals surface area (Å²) in [4.78, 5) is 23.8. The monoisotopic (exact) mass is 181 g/mol. The van der Waals surface area contributed by atoms with Gasteiger partial charge < -0.3 is 4.42 Å². The third-order valence-corrected chi connectivity index (χ3v) is 1.65. The molecule has 1 aromatic carbocycles. The lowest BCUT2D eigenvalue weighted by atomic mass is 10.2. The van der Waals surface area contributed by atoms with E-state index in [9.17, 15) is 14.0 Å². The summed E-state index contributed by atoms with van der Waals surface area (Å²) in [6.45, 7) is 0. The lowest BCUT2D eigenvalue weighted by molar-refractivity contribution is 0.458. The molecule has 66 valence electrons. The number of hydrogen-bond donors (Lipinski definition) is 1. The standard InChI is InChI=1S/C8H4FNO3/c9-5-3-1-2-4-6(5)10-8(12)13-7(4)11/h1-3H,(H,10,12). The fraction of sp³-hybridized carbons (Fsp3) is 0. The number of rotatable bonds is 0. The number of H-pyrrole nitrogens is 1. The summed E-state index contributed by atoms with van der Waals surface area (Å²) in [6, 6.07) is 3.89. The zero-order valence-corrected chi connectivity index (χ0v) is 6.33. The Morgan fingerprint density at radius 2 is 2.08 bits per heavy atom. The minimum atomic E-state index is -0.956. The van der Waals surface area contributed by atoms with Gasteiger partial charge in [-0.25, -0.2) is 14.0 Å². The Kier molecular flexibility index (Phi) is 1.51. The summed E-state index contributed by atoms with van der Waals surface area (Å²) in [5, 5.41) is 0.0274. The van der Waals surface area contributed by atoms with Crippen LogP contribution in [0.1, 0.15) is 0 Å². The van der Waals surface area contributed by atoms with E-state index in [2.05, 4.69) is 9.40 Å². The van der Waals surface area contributed by atoms with Crippen LogP contribution in [0.25, 0.3) is 10.9 Å². The van der Waals surface area contributed by atoms with E-state index in [4.69, 9.17) is 0 Å². The normalized spacial score (nSPS) is 10.5. The van der Waals surface area contributed by atoms with E-state index >= 15 is 0 Å². The van der Waals surface area contributed by atoms with Crippen molar-refractivity contribution in [3.63, 3.8) is 0 Å². The first-order valence-electron chi connectivity index (χ1n) is 3.50. The van der Waals surface area contributed by atoms with Gasteiger partial charge in [-0.3, -0.25) is 4.98 Å². The van der Waals surface area contributed by atoms with Gasteiger partial charge >= 0.3 is 11.4 Å². The number of aromatic nitrogens is 1. The first kappa shape index (κ1) is 7.72. The first-order valence-corrected chi connectivity index (χ1v) is 3.50. The van der Waals surface area contributed by atoms with E-state index in [-0.39, 0.29) is 10.9 Å². The van der Waals surface area contributed by atoms with E-state index < -0.39 is 17.2 Å². The summed E-state index contributed by atoms with van der Waals surface area (Å²) in [6.07, 6.45) is 0. The number of halogens is 1. The van der Waals surface area contributed by atoms with Gasteiger partial charge in [-0.2, -0.15) is 0 Å². The van der Waals surface area contributed by atoms with Crippen LogP contribution in [0.15, 0.2) is 32.2 Å². The second kappa shape index (κ2) is 2.55. The highest BCUT2D eigenvalue weighted by molar-refractivity contribution is 5.76. The molecule has 0 atom stereocenters. The number of para-hydroxylation sites is 1. The van der Waals surface area contributed by atoms with Crippen molar-refractivity contribution < 1.29 is 8.81 Å². The second-order valence-electron chi connectivity index (χ2n) is 2.46.